The number of benzene rings is 1. The lowest BCUT2D eigenvalue weighted by atomic mass is 10.3. The zero-order valence-corrected chi connectivity index (χ0v) is 8.12. The SMILES string of the molecule is Fc1cc(F)c(F)c(Oc2ccncn2)c1F. The molecule has 0 amide bonds. The molecule has 88 valence electrons. The van der Waals surface area contributed by atoms with Gasteiger partial charge in [0.15, 0.2) is 11.6 Å². The van der Waals surface area contributed by atoms with Gasteiger partial charge >= 0.3 is 0 Å². The van der Waals surface area contributed by atoms with E-state index in [0.29, 0.717) is 0 Å². The summed E-state index contributed by atoms with van der Waals surface area (Å²) < 4.78 is 56.6. The van der Waals surface area contributed by atoms with Crippen molar-refractivity contribution in [3.63, 3.8) is 0 Å². The molecule has 0 atom stereocenters. The van der Waals surface area contributed by atoms with Crippen LogP contribution in [0.4, 0.5) is 17.6 Å². The minimum atomic E-state index is -1.62. The van der Waals surface area contributed by atoms with Gasteiger partial charge in [-0.3, -0.25) is 0 Å². The molecule has 1 aromatic carbocycles. The van der Waals surface area contributed by atoms with Crippen LogP contribution in [-0.4, -0.2) is 9.97 Å². The predicted molar refractivity (Wildman–Crippen MR) is 48.4 cm³/mol. The third kappa shape index (κ3) is 2.17. The Bertz CT molecular complexity index is 521. The summed E-state index contributed by atoms with van der Waals surface area (Å²) in [4.78, 5) is 7.04. The Kier molecular flexibility index (Phi) is 2.90. The maximum atomic E-state index is 13.2. The first kappa shape index (κ1) is 11.3. The molecule has 17 heavy (non-hydrogen) atoms. The summed E-state index contributed by atoms with van der Waals surface area (Å²) in [7, 11) is 0. The lowest BCUT2D eigenvalue weighted by Gasteiger charge is -2.07. The van der Waals surface area contributed by atoms with Crippen LogP contribution in [-0.2, 0) is 0 Å². The monoisotopic (exact) mass is 244 g/mol. The highest BCUT2D eigenvalue weighted by molar-refractivity contribution is 5.31. The molecule has 1 aromatic heterocycles. The standard InChI is InChI=1S/C10H4F4N2O/c11-5-3-6(12)9(14)10(8(5)13)17-7-1-2-15-4-16-7/h1-4H. The molecular formula is C10H4F4N2O. The average molecular weight is 244 g/mol. The fourth-order valence-electron chi connectivity index (χ4n) is 1.08. The second-order valence-corrected chi connectivity index (χ2v) is 2.95. The molecule has 0 spiro atoms. The summed E-state index contributed by atoms with van der Waals surface area (Å²) in [6, 6.07) is 1.28. The molecule has 0 saturated carbocycles. The highest BCUT2D eigenvalue weighted by atomic mass is 19.2. The molecule has 3 nitrogen and oxygen atoms in total. The fourth-order valence-corrected chi connectivity index (χ4v) is 1.08. The maximum Gasteiger partial charge on any atom is 0.222 e. The van der Waals surface area contributed by atoms with Crippen molar-refractivity contribution < 1.29 is 22.3 Å². The van der Waals surface area contributed by atoms with Crippen molar-refractivity contribution in [3.05, 3.63) is 47.9 Å². The molecule has 0 fully saturated rings. The molecule has 2 aromatic rings. The number of aromatic nitrogens is 2. The van der Waals surface area contributed by atoms with Crippen LogP contribution in [0, 0.1) is 23.3 Å². The number of ether oxygens (including phenoxy) is 1. The smallest absolute Gasteiger partial charge is 0.222 e. The summed E-state index contributed by atoms with van der Waals surface area (Å²) in [6.45, 7) is 0. The molecule has 7 heteroatoms. The Labute approximate surface area is 92.7 Å². The summed E-state index contributed by atoms with van der Waals surface area (Å²) in [6.07, 6.45) is 2.30. The molecule has 0 unspecified atom stereocenters. The number of nitrogens with zero attached hydrogens (tertiary/aromatic N) is 2. The number of rotatable bonds is 2. The van der Waals surface area contributed by atoms with Crippen LogP contribution >= 0.6 is 0 Å². The molecule has 0 aliphatic heterocycles. The number of hydrogen-bond donors (Lipinski definition) is 0. The summed E-state index contributed by atoms with van der Waals surface area (Å²) in [5, 5.41) is 0. The van der Waals surface area contributed by atoms with Crippen LogP contribution < -0.4 is 4.74 Å². The predicted octanol–water partition coefficient (Wildman–Crippen LogP) is 2.83. The third-order valence-corrected chi connectivity index (χ3v) is 1.83. The van der Waals surface area contributed by atoms with Gasteiger partial charge in [-0.25, -0.2) is 18.7 Å². The van der Waals surface area contributed by atoms with E-state index in [1.165, 1.54) is 12.3 Å². The van der Waals surface area contributed by atoms with Crippen molar-refractivity contribution in [2.45, 2.75) is 0 Å². The first-order valence-corrected chi connectivity index (χ1v) is 4.36. The highest BCUT2D eigenvalue weighted by Gasteiger charge is 2.21. The summed E-state index contributed by atoms with van der Waals surface area (Å²) in [5.41, 5.74) is 0. The molecule has 2 rings (SSSR count). The molecule has 0 radical (unpaired) electrons. The van der Waals surface area contributed by atoms with Crippen LogP contribution in [0.2, 0.25) is 0 Å². The first-order chi connectivity index (χ1) is 8.09. The van der Waals surface area contributed by atoms with Crippen molar-refractivity contribution >= 4 is 0 Å². The largest absolute Gasteiger partial charge is 0.432 e. The lowest BCUT2D eigenvalue weighted by molar-refractivity contribution is 0.358. The van der Waals surface area contributed by atoms with Crippen LogP contribution in [0.1, 0.15) is 0 Å². The van der Waals surface area contributed by atoms with Gasteiger partial charge in [0, 0.05) is 18.3 Å². The third-order valence-electron chi connectivity index (χ3n) is 1.83. The van der Waals surface area contributed by atoms with Crippen LogP contribution in [0.5, 0.6) is 11.6 Å². The molecule has 0 N–H and O–H groups in total. The molecular weight excluding hydrogens is 240 g/mol. The van der Waals surface area contributed by atoms with E-state index < -0.39 is 29.0 Å². The highest BCUT2D eigenvalue weighted by Crippen LogP contribution is 2.29. The van der Waals surface area contributed by atoms with Gasteiger partial charge in [-0.2, -0.15) is 8.78 Å². The van der Waals surface area contributed by atoms with Gasteiger partial charge in [-0.1, -0.05) is 0 Å². The Morgan fingerprint density at radius 2 is 1.65 bits per heavy atom. The van der Waals surface area contributed by atoms with Crippen molar-refractivity contribution in [3.8, 4) is 11.6 Å². The second-order valence-electron chi connectivity index (χ2n) is 2.95. The zero-order valence-electron chi connectivity index (χ0n) is 8.12. The fraction of sp³-hybridized carbons (Fsp3) is 0. The van der Waals surface area contributed by atoms with E-state index in [-0.39, 0.29) is 11.9 Å². The average Bonchev–Trinajstić information content (AvgIpc) is 2.33. The van der Waals surface area contributed by atoms with E-state index in [1.807, 2.05) is 0 Å². The van der Waals surface area contributed by atoms with E-state index in [2.05, 4.69) is 14.7 Å². The van der Waals surface area contributed by atoms with Crippen LogP contribution in [0.25, 0.3) is 0 Å². The van der Waals surface area contributed by atoms with Gasteiger partial charge in [-0.05, 0) is 0 Å². The summed E-state index contributed by atoms with van der Waals surface area (Å²) >= 11 is 0. The van der Waals surface area contributed by atoms with E-state index in [0.717, 1.165) is 6.33 Å². The van der Waals surface area contributed by atoms with Crippen molar-refractivity contribution in [2.75, 3.05) is 0 Å². The maximum absolute atomic E-state index is 13.2. The van der Waals surface area contributed by atoms with E-state index in [1.54, 1.807) is 0 Å². The molecule has 0 aliphatic rings. The van der Waals surface area contributed by atoms with Gasteiger partial charge in [-0.15, -0.1) is 0 Å². The van der Waals surface area contributed by atoms with Crippen molar-refractivity contribution in [1.29, 1.82) is 0 Å². The van der Waals surface area contributed by atoms with Gasteiger partial charge < -0.3 is 4.74 Å². The quantitative estimate of drug-likeness (QED) is 0.601. The minimum absolute atomic E-state index is 0.0947. The van der Waals surface area contributed by atoms with Gasteiger partial charge in [0.1, 0.15) is 6.33 Å². The minimum Gasteiger partial charge on any atom is -0.432 e. The molecule has 1 heterocycles. The zero-order chi connectivity index (χ0) is 12.4. The summed E-state index contributed by atoms with van der Waals surface area (Å²) in [5.74, 6) is -7.75. The van der Waals surface area contributed by atoms with Crippen molar-refractivity contribution in [2.24, 2.45) is 0 Å². The van der Waals surface area contributed by atoms with E-state index in [4.69, 9.17) is 0 Å². The Hall–Kier alpha value is -2.18. The Morgan fingerprint density at radius 1 is 1.00 bits per heavy atom. The second kappa shape index (κ2) is 4.36. The van der Waals surface area contributed by atoms with E-state index in [9.17, 15) is 17.6 Å². The lowest BCUT2D eigenvalue weighted by Crippen LogP contribution is -2.00. The van der Waals surface area contributed by atoms with Gasteiger partial charge in [0.05, 0.1) is 0 Å². The molecule has 0 saturated heterocycles. The normalized spacial score (nSPS) is 10.4. The molecule has 0 bridgehead atoms. The number of halogens is 4. The number of hydrogen-bond acceptors (Lipinski definition) is 3. The Morgan fingerprint density at radius 3 is 2.18 bits per heavy atom. The topological polar surface area (TPSA) is 35.0 Å². The first-order valence-electron chi connectivity index (χ1n) is 4.36. The van der Waals surface area contributed by atoms with Crippen LogP contribution in [0.3, 0.4) is 0 Å². The van der Waals surface area contributed by atoms with Gasteiger partial charge in [0.25, 0.3) is 0 Å². The van der Waals surface area contributed by atoms with E-state index >= 15 is 0 Å². The van der Waals surface area contributed by atoms with Gasteiger partial charge in [0.2, 0.25) is 23.3 Å². The Balaban J connectivity index is 2.46. The molecule has 0 aliphatic carbocycles. The van der Waals surface area contributed by atoms with Crippen molar-refractivity contribution in [1.82, 2.24) is 9.97 Å². The van der Waals surface area contributed by atoms with Crippen LogP contribution in [0.15, 0.2) is 24.7 Å².